The largest absolute Gasteiger partial charge is 0.244 e. The lowest BCUT2D eigenvalue weighted by Gasteiger charge is -2.39. The maximum absolute atomic E-state index is 3.83. The summed E-state index contributed by atoms with van der Waals surface area (Å²) in [5.74, 6) is 7.64. The molecule has 0 nitrogen and oxygen atoms in total. The van der Waals surface area contributed by atoms with Gasteiger partial charge in [-0.05, 0) is 96.0 Å². The Morgan fingerprint density at radius 1 is 0.522 bits per heavy atom. The Morgan fingerprint density at radius 3 is 1.43 bits per heavy atom. The average Bonchev–Trinajstić information content (AvgIpc) is 3.04. The molecule has 4 aromatic carbocycles. The van der Waals surface area contributed by atoms with Crippen LogP contribution in [0, 0.1) is 53.4 Å². The molecule has 0 aromatic heterocycles. The lowest BCUT2D eigenvalue weighted by atomic mass is 9.33. The molecule has 2 aliphatic carbocycles. The third-order valence-electron chi connectivity index (χ3n) is 10.8. The van der Waals surface area contributed by atoms with Crippen molar-refractivity contribution in [2.75, 3.05) is 0 Å². The number of rotatable bonds is 6. The lowest BCUT2D eigenvalue weighted by Crippen LogP contribution is -2.56. The van der Waals surface area contributed by atoms with Crippen molar-refractivity contribution >= 4 is 36.3 Å². The van der Waals surface area contributed by atoms with Gasteiger partial charge in [-0.3, -0.25) is 0 Å². The molecule has 0 amide bonds. The summed E-state index contributed by atoms with van der Waals surface area (Å²) < 4.78 is 0. The number of hydrogen-bond acceptors (Lipinski definition) is 0. The van der Waals surface area contributed by atoms with E-state index in [0.29, 0.717) is 0 Å². The van der Waals surface area contributed by atoms with E-state index in [9.17, 15) is 0 Å². The Hall–Kier alpha value is -3.07. The third kappa shape index (κ3) is 7.09. The second kappa shape index (κ2) is 14.8. The van der Waals surface area contributed by atoms with Gasteiger partial charge in [0.1, 0.15) is 0 Å². The van der Waals surface area contributed by atoms with Crippen molar-refractivity contribution in [1.29, 1.82) is 0 Å². The molecule has 0 bridgehead atoms. The highest BCUT2D eigenvalue weighted by Crippen LogP contribution is 2.55. The predicted octanol–water partition coefficient (Wildman–Crippen LogP) is 9.23. The van der Waals surface area contributed by atoms with Gasteiger partial charge in [0.2, 0.25) is 6.71 Å². The smallest absolute Gasteiger partial charge is 0.0676 e. The summed E-state index contributed by atoms with van der Waals surface area (Å²) in [7, 11) is -0.212. The van der Waals surface area contributed by atoms with Crippen LogP contribution in [0.1, 0.15) is 109 Å². The second-order valence-corrected chi connectivity index (χ2v) is 17.2. The molecular weight excluding hydrogens is 570 g/mol. The van der Waals surface area contributed by atoms with Crippen LogP contribution in [0.5, 0.6) is 0 Å². The monoisotopic (exact) mass is 622 g/mol. The van der Waals surface area contributed by atoms with Crippen molar-refractivity contribution < 1.29 is 0 Å². The minimum absolute atomic E-state index is 0.128. The highest BCUT2D eigenvalue weighted by Gasteiger charge is 2.34. The predicted molar refractivity (Wildman–Crippen MR) is 205 cm³/mol. The summed E-state index contributed by atoms with van der Waals surface area (Å²) in [5.41, 5.74) is 16.4. The fourth-order valence-electron chi connectivity index (χ4n) is 8.96. The van der Waals surface area contributed by atoms with Crippen molar-refractivity contribution in [3.05, 3.63) is 117 Å². The van der Waals surface area contributed by atoms with E-state index in [0.717, 1.165) is 16.9 Å². The lowest BCUT2D eigenvalue weighted by molar-refractivity contribution is 0.487. The zero-order chi connectivity index (χ0) is 32.2. The highest BCUT2D eigenvalue weighted by atomic mass is 31.1. The molecule has 236 valence electrons. The molecule has 0 saturated heterocycles. The zero-order valence-electron chi connectivity index (χ0n) is 29.2. The normalized spacial score (nSPS) is 15.9. The van der Waals surface area contributed by atoms with Crippen molar-refractivity contribution in [1.82, 2.24) is 0 Å². The number of hydrogen-bond donors (Lipinski definition) is 0. The van der Waals surface area contributed by atoms with Crippen LogP contribution in [0.2, 0.25) is 0 Å². The van der Waals surface area contributed by atoms with Gasteiger partial charge in [0.05, 0.1) is 0 Å². The molecule has 2 fully saturated rings. The van der Waals surface area contributed by atoms with Crippen LogP contribution >= 0.6 is 7.92 Å². The van der Waals surface area contributed by atoms with Crippen molar-refractivity contribution in [3.63, 3.8) is 0 Å². The van der Waals surface area contributed by atoms with Gasteiger partial charge < -0.3 is 0 Å². The van der Waals surface area contributed by atoms with Crippen molar-refractivity contribution in [2.24, 2.45) is 0 Å². The summed E-state index contributed by atoms with van der Waals surface area (Å²) in [6.45, 7) is 13.7. The Balaban J connectivity index is 1.49. The van der Waals surface area contributed by atoms with Crippen LogP contribution in [0.25, 0.3) is 0 Å². The first kappa shape index (κ1) is 32.9. The van der Waals surface area contributed by atoms with Crippen molar-refractivity contribution in [2.45, 2.75) is 117 Å². The highest BCUT2D eigenvalue weighted by molar-refractivity contribution is 7.67. The summed E-state index contributed by atoms with van der Waals surface area (Å²) in [6, 6.07) is 27.7. The van der Waals surface area contributed by atoms with Crippen LogP contribution in [-0.4, -0.2) is 18.0 Å². The Labute approximate surface area is 281 Å². The van der Waals surface area contributed by atoms with Crippen LogP contribution in [0.3, 0.4) is 0 Å². The van der Waals surface area contributed by atoms with Crippen molar-refractivity contribution in [3.8, 4) is 11.8 Å². The Bertz CT molecular complexity index is 1620. The molecule has 6 rings (SSSR count). The second-order valence-electron chi connectivity index (χ2n) is 14.4. The number of aryl methyl sites for hydroxylation is 6. The van der Waals surface area contributed by atoms with E-state index in [4.69, 9.17) is 0 Å². The molecule has 0 heterocycles. The molecule has 0 unspecified atom stereocenters. The average molecular weight is 623 g/mol. The first-order chi connectivity index (χ1) is 22.3. The van der Waals surface area contributed by atoms with Gasteiger partial charge in [0, 0.05) is 11.1 Å². The molecule has 2 aliphatic rings. The van der Waals surface area contributed by atoms with Gasteiger partial charge in [-0.15, -0.1) is 0 Å². The first-order valence-corrected chi connectivity index (χ1v) is 19.4. The number of benzene rings is 4. The quantitative estimate of drug-likeness (QED) is 0.114. The molecule has 0 N–H and O–H groups in total. The summed E-state index contributed by atoms with van der Waals surface area (Å²) in [5, 5.41) is 1.59. The minimum Gasteiger partial charge on any atom is -0.0676 e. The standard InChI is InChI=1S/C44H52BP/c1-31-27-33(3)43(34(4)28-31)45(44-35(5)29-32(2)30-36(44)6)41-23-15-13-17-37(41)25-26-38-18-14-16-24-42(38)46(39-19-9-7-10-20-39)40-21-11-8-12-22-40/h13-18,23-24,27-30,39-40H,7-12,19-22H2,1-6H3. The molecule has 4 aromatic rings. The Kier molecular flexibility index (Phi) is 10.6. The fraction of sp³-hybridized carbons (Fsp3) is 0.409. The van der Waals surface area contributed by atoms with Crippen LogP contribution < -0.4 is 21.7 Å². The maximum atomic E-state index is 3.83. The molecule has 0 spiro atoms. The SMILES string of the molecule is Cc1cc(C)c(B(c2ccccc2C#Cc2ccccc2P(C2CCCCC2)C2CCCCC2)c2c(C)cc(C)cc2C)c(C)c1. The van der Waals surface area contributed by atoms with Crippen LogP contribution in [-0.2, 0) is 0 Å². The van der Waals surface area contributed by atoms with E-state index in [1.807, 2.05) is 0 Å². The van der Waals surface area contributed by atoms with E-state index in [1.54, 1.807) is 5.30 Å². The van der Waals surface area contributed by atoms with E-state index in [1.165, 1.54) is 120 Å². The van der Waals surface area contributed by atoms with Gasteiger partial charge in [0.25, 0.3) is 0 Å². The van der Waals surface area contributed by atoms with Gasteiger partial charge in [-0.25, -0.2) is 0 Å². The topological polar surface area (TPSA) is 0 Å². The molecule has 2 saturated carbocycles. The summed E-state index contributed by atoms with van der Waals surface area (Å²) in [6.07, 6.45) is 14.1. The van der Waals surface area contributed by atoms with Gasteiger partial charge in [-0.2, -0.15) is 0 Å². The summed E-state index contributed by atoms with van der Waals surface area (Å²) in [4.78, 5) is 0. The van der Waals surface area contributed by atoms with E-state index in [-0.39, 0.29) is 14.6 Å². The summed E-state index contributed by atoms with van der Waals surface area (Å²) >= 11 is 0. The van der Waals surface area contributed by atoms with E-state index >= 15 is 0 Å². The molecule has 46 heavy (non-hydrogen) atoms. The minimum atomic E-state index is -0.212. The molecule has 0 atom stereocenters. The first-order valence-electron chi connectivity index (χ1n) is 18.0. The maximum Gasteiger partial charge on any atom is 0.244 e. The third-order valence-corrected chi connectivity index (χ3v) is 14.3. The fourth-order valence-corrected chi connectivity index (χ4v) is 12.9. The Morgan fingerprint density at radius 2 is 0.935 bits per heavy atom. The van der Waals surface area contributed by atoms with E-state index < -0.39 is 0 Å². The van der Waals surface area contributed by atoms with Crippen LogP contribution in [0.4, 0.5) is 0 Å². The zero-order valence-corrected chi connectivity index (χ0v) is 30.1. The van der Waals surface area contributed by atoms with Gasteiger partial charge >= 0.3 is 0 Å². The van der Waals surface area contributed by atoms with Gasteiger partial charge in [0.15, 0.2) is 0 Å². The molecule has 0 aliphatic heterocycles. The van der Waals surface area contributed by atoms with E-state index in [2.05, 4.69) is 126 Å². The van der Waals surface area contributed by atoms with Crippen LogP contribution in [0.15, 0.2) is 72.8 Å². The molecule has 2 heteroatoms. The molecular formula is C44H52BP. The molecule has 0 radical (unpaired) electrons. The van der Waals surface area contributed by atoms with Gasteiger partial charge in [-0.1, -0.05) is 169 Å².